The lowest BCUT2D eigenvalue weighted by Gasteiger charge is -2.12. The van der Waals surface area contributed by atoms with Crippen molar-refractivity contribution in [3.8, 4) is 33.8 Å². The van der Waals surface area contributed by atoms with Crippen LogP contribution in [0.5, 0.6) is 17.2 Å². The lowest BCUT2D eigenvalue weighted by atomic mass is 10.1. The third kappa shape index (κ3) is 4.85. The predicted molar refractivity (Wildman–Crippen MR) is 141 cm³/mol. The Balaban J connectivity index is 1.46. The van der Waals surface area contributed by atoms with Crippen molar-refractivity contribution < 1.29 is 19.0 Å². The summed E-state index contributed by atoms with van der Waals surface area (Å²) in [6.07, 6.45) is 5.37. The van der Waals surface area contributed by atoms with Gasteiger partial charge in [-0.25, -0.2) is 4.98 Å². The van der Waals surface area contributed by atoms with Crippen LogP contribution in [0.2, 0.25) is 0 Å². The number of nitrogens with one attached hydrogen (secondary N) is 2. The molecule has 1 amide bonds. The first-order valence-corrected chi connectivity index (χ1v) is 12.4. The highest BCUT2D eigenvalue weighted by Crippen LogP contribution is 2.38. The Morgan fingerprint density at radius 3 is 2.59 bits per heavy atom. The van der Waals surface area contributed by atoms with Gasteiger partial charge in [0, 0.05) is 17.7 Å². The maximum atomic E-state index is 12.9. The van der Waals surface area contributed by atoms with Crippen molar-refractivity contribution in [1.82, 2.24) is 19.7 Å². The SMILES string of the molecule is COc1cc(/C=C\C(=O)Nc2cc(-c3cccs3)nn2-c2nc3c(c(=O)[nH]2)CCC3)cc(OC)c1OC. The number of hydrogen-bond donors (Lipinski definition) is 2. The van der Waals surface area contributed by atoms with Gasteiger partial charge in [-0.1, -0.05) is 6.07 Å². The summed E-state index contributed by atoms with van der Waals surface area (Å²) in [4.78, 5) is 33.9. The molecule has 1 aliphatic carbocycles. The average Bonchev–Trinajstić information content (AvgIpc) is 3.67. The maximum absolute atomic E-state index is 12.9. The van der Waals surface area contributed by atoms with Gasteiger partial charge in [0.25, 0.3) is 5.56 Å². The van der Waals surface area contributed by atoms with E-state index in [4.69, 9.17) is 14.2 Å². The van der Waals surface area contributed by atoms with Crippen LogP contribution in [0.3, 0.4) is 0 Å². The second-order valence-corrected chi connectivity index (χ2v) is 9.20. The molecule has 0 saturated heterocycles. The summed E-state index contributed by atoms with van der Waals surface area (Å²) in [5.41, 5.74) is 2.65. The van der Waals surface area contributed by atoms with Crippen molar-refractivity contribution in [2.24, 2.45) is 0 Å². The van der Waals surface area contributed by atoms with Crippen LogP contribution in [0.15, 0.2) is 46.6 Å². The number of H-pyrrole nitrogens is 1. The van der Waals surface area contributed by atoms with E-state index in [-0.39, 0.29) is 11.5 Å². The third-order valence-corrected chi connectivity index (χ3v) is 6.87. The number of rotatable bonds is 8. The molecular formula is C26H25N5O5S. The molecule has 190 valence electrons. The number of fused-ring (bicyclic) bond motifs is 1. The number of carbonyl (C=O) groups is 1. The fraction of sp³-hybridized carbons (Fsp3) is 0.231. The monoisotopic (exact) mass is 519 g/mol. The fourth-order valence-corrected chi connectivity index (χ4v) is 4.92. The van der Waals surface area contributed by atoms with E-state index in [9.17, 15) is 9.59 Å². The number of amides is 1. The van der Waals surface area contributed by atoms with Crippen LogP contribution in [0.25, 0.3) is 22.6 Å². The number of aromatic amines is 1. The van der Waals surface area contributed by atoms with Crippen LogP contribution < -0.4 is 25.1 Å². The second kappa shape index (κ2) is 10.3. The summed E-state index contributed by atoms with van der Waals surface area (Å²) in [5.74, 6) is 1.67. The number of aryl methyl sites for hydroxylation is 1. The molecule has 2 N–H and O–H groups in total. The second-order valence-electron chi connectivity index (χ2n) is 8.25. The largest absolute Gasteiger partial charge is 0.493 e. The van der Waals surface area contributed by atoms with Crippen LogP contribution in [0.4, 0.5) is 5.82 Å². The molecule has 0 aliphatic heterocycles. The van der Waals surface area contributed by atoms with Crippen LogP contribution in [-0.4, -0.2) is 47.0 Å². The predicted octanol–water partition coefficient (Wildman–Crippen LogP) is 3.85. The van der Waals surface area contributed by atoms with E-state index in [1.165, 1.54) is 43.4 Å². The van der Waals surface area contributed by atoms with Crippen LogP contribution in [-0.2, 0) is 17.6 Å². The molecule has 1 aliphatic rings. The molecule has 0 atom stereocenters. The van der Waals surface area contributed by atoms with E-state index < -0.39 is 5.91 Å². The Morgan fingerprint density at radius 2 is 1.92 bits per heavy atom. The molecule has 0 unspecified atom stereocenters. The number of ether oxygens (including phenoxy) is 3. The van der Waals surface area contributed by atoms with Crippen molar-refractivity contribution in [1.29, 1.82) is 0 Å². The summed E-state index contributed by atoms with van der Waals surface area (Å²) in [6, 6.07) is 9.09. The normalized spacial score (nSPS) is 12.5. The molecule has 3 aromatic heterocycles. The minimum atomic E-state index is -0.392. The molecular weight excluding hydrogens is 494 g/mol. The fourth-order valence-electron chi connectivity index (χ4n) is 4.24. The molecule has 5 rings (SSSR count). The quantitative estimate of drug-likeness (QED) is 0.339. The van der Waals surface area contributed by atoms with Gasteiger partial charge in [0.1, 0.15) is 11.5 Å². The number of anilines is 1. The molecule has 3 heterocycles. The number of nitrogens with zero attached hydrogens (tertiary/aromatic N) is 3. The summed E-state index contributed by atoms with van der Waals surface area (Å²) in [5, 5.41) is 9.44. The van der Waals surface area contributed by atoms with Gasteiger partial charge >= 0.3 is 0 Å². The highest BCUT2D eigenvalue weighted by atomic mass is 32.1. The van der Waals surface area contributed by atoms with Crippen molar-refractivity contribution in [3.63, 3.8) is 0 Å². The average molecular weight is 520 g/mol. The first kappa shape index (κ1) is 24.3. The van der Waals surface area contributed by atoms with Gasteiger partial charge in [0.2, 0.25) is 17.6 Å². The van der Waals surface area contributed by atoms with Crippen molar-refractivity contribution >= 4 is 29.1 Å². The van der Waals surface area contributed by atoms with Gasteiger partial charge in [-0.15, -0.1) is 11.3 Å². The number of methoxy groups -OCH3 is 3. The smallest absolute Gasteiger partial charge is 0.255 e. The number of benzene rings is 1. The van der Waals surface area contributed by atoms with Crippen molar-refractivity contribution in [3.05, 3.63) is 69.0 Å². The molecule has 0 radical (unpaired) electrons. The molecule has 0 spiro atoms. The summed E-state index contributed by atoms with van der Waals surface area (Å²) in [6.45, 7) is 0. The number of hydrogen-bond acceptors (Lipinski definition) is 8. The summed E-state index contributed by atoms with van der Waals surface area (Å²) in [7, 11) is 4.59. The van der Waals surface area contributed by atoms with E-state index in [2.05, 4.69) is 20.4 Å². The Bertz CT molecular complexity index is 1510. The van der Waals surface area contributed by atoms with Crippen molar-refractivity contribution in [2.45, 2.75) is 19.3 Å². The van der Waals surface area contributed by atoms with Crippen LogP contribution in [0.1, 0.15) is 23.2 Å². The van der Waals surface area contributed by atoms with E-state index in [1.807, 2.05) is 17.5 Å². The minimum absolute atomic E-state index is 0.176. The zero-order chi connectivity index (χ0) is 25.9. The standard InChI is InChI=1S/C26H25N5O5S/c1-34-19-12-15(13-20(35-2)24(19)36-3)9-10-23(32)28-22-14-18(21-8-5-11-37-21)30-31(22)26-27-17-7-4-6-16(17)25(33)29-26/h5,8-14H,4,6-7H2,1-3H3,(H,28,32)(H,27,29,33)/b10-9-. The third-order valence-electron chi connectivity index (χ3n) is 5.98. The van der Waals surface area contributed by atoms with E-state index >= 15 is 0 Å². The lowest BCUT2D eigenvalue weighted by Crippen LogP contribution is -2.20. The molecule has 0 saturated carbocycles. The summed E-state index contributed by atoms with van der Waals surface area (Å²) >= 11 is 1.52. The Hall–Kier alpha value is -4.38. The maximum Gasteiger partial charge on any atom is 0.255 e. The Morgan fingerprint density at radius 1 is 1.14 bits per heavy atom. The van der Waals surface area contributed by atoms with Gasteiger partial charge in [-0.2, -0.15) is 9.78 Å². The molecule has 1 aromatic carbocycles. The van der Waals surface area contributed by atoms with Crippen molar-refractivity contribution in [2.75, 3.05) is 26.6 Å². The minimum Gasteiger partial charge on any atom is -0.493 e. The number of carbonyl (C=O) groups excluding carboxylic acids is 1. The molecule has 0 bridgehead atoms. The highest BCUT2D eigenvalue weighted by Gasteiger charge is 2.21. The number of aromatic nitrogens is 4. The van der Waals surface area contributed by atoms with Gasteiger partial charge in [-0.3, -0.25) is 14.6 Å². The Kier molecular flexibility index (Phi) is 6.78. The summed E-state index contributed by atoms with van der Waals surface area (Å²) < 4.78 is 17.6. The Labute approximate surface area is 216 Å². The molecule has 10 nitrogen and oxygen atoms in total. The van der Waals surface area contributed by atoms with Gasteiger partial charge in [0.05, 0.1) is 31.9 Å². The van der Waals surface area contributed by atoms with E-state index in [0.29, 0.717) is 46.3 Å². The zero-order valence-electron chi connectivity index (χ0n) is 20.5. The highest BCUT2D eigenvalue weighted by molar-refractivity contribution is 7.13. The van der Waals surface area contributed by atoms with Gasteiger partial charge < -0.3 is 19.5 Å². The van der Waals surface area contributed by atoms with Gasteiger partial charge in [-0.05, 0) is 54.5 Å². The molecule has 0 fully saturated rings. The van der Waals surface area contributed by atoms with Crippen LogP contribution >= 0.6 is 11.3 Å². The van der Waals surface area contributed by atoms with E-state index in [0.717, 1.165) is 23.4 Å². The lowest BCUT2D eigenvalue weighted by molar-refractivity contribution is -0.111. The first-order valence-electron chi connectivity index (χ1n) is 11.6. The zero-order valence-corrected chi connectivity index (χ0v) is 21.3. The number of thiophene rings is 1. The molecule has 11 heteroatoms. The van der Waals surface area contributed by atoms with Gasteiger partial charge in [0.15, 0.2) is 11.5 Å². The molecule has 37 heavy (non-hydrogen) atoms. The molecule has 4 aromatic rings. The van der Waals surface area contributed by atoms with E-state index in [1.54, 1.807) is 24.3 Å². The van der Waals surface area contributed by atoms with Crippen LogP contribution in [0, 0.1) is 0 Å². The topological polar surface area (TPSA) is 120 Å². The first-order chi connectivity index (χ1) is 18.0.